The molecular formula is C19H23NO2S. The number of aryl methyl sites for hydroxylation is 1. The molecule has 23 heavy (non-hydrogen) atoms. The van der Waals surface area contributed by atoms with Crippen LogP contribution in [0.15, 0.2) is 53.4 Å². The van der Waals surface area contributed by atoms with E-state index in [1.54, 1.807) is 11.8 Å². The van der Waals surface area contributed by atoms with Crippen LogP contribution in [0.3, 0.4) is 0 Å². The highest BCUT2D eigenvalue weighted by Crippen LogP contribution is 2.21. The summed E-state index contributed by atoms with van der Waals surface area (Å²) in [7, 11) is 0. The maximum absolute atomic E-state index is 12.0. The van der Waals surface area contributed by atoms with E-state index in [2.05, 4.69) is 36.5 Å². The average molecular weight is 329 g/mol. The second-order valence-electron chi connectivity index (χ2n) is 5.65. The lowest BCUT2D eigenvalue weighted by Gasteiger charge is -2.11. The fourth-order valence-corrected chi connectivity index (χ4v) is 2.89. The fourth-order valence-electron chi connectivity index (χ4n) is 2.04. The number of thioether (sulfide) groups is 1. The molecular weight excluding hydrogens is 306 g/mol. The molecule has 0 saturated heterocycles. The molecule has 2 aromatic rings. The molecule has 1 amide bonds. The zero-order valence-electron chi connectivity index (χ0n) is 13.8. The summed E-state index contributed by atoms with van der Waals surface area (Å²) in [6.07, 6.45) is 0.597. The Morgan fingerprint density at radius 2 is 1.91 bits per heavy atom. The summed E-state index contributed by atoms with van der Waals surface area (Å²) in [5.41, 5.74) is 2.02. The van der Waals surface area contributed by atoms with Crippen molar-refractivity contribution in [1.29, 1.82) is 0 Å². The van der Waals surface area contributed by atoms with Crippen molar-refractivity contribution in [3.8, 4) is 5.75 Å². The largest absolute Gasteiger partial charge is 0.491 e. The number of amides is 1. The van der Waals surface area contributed by atoms with Gasteiger partial charge in [0.15, 0.2) is 0 Å². The van der Waals surface area contributed by atoms with E-state index in [9.17, 15) is 4.79 Å². The van der Waals surface area contributed by atoms with E-state index in [0.29, 0.717) is 6.42 Å². The van der Waals surface area contributed by atoms with Crippen LogP contribution >= 0.6 is 11.8 Å². The van der Waals surface area contributed by atoms with Crippen LogP contribution < -0.4 is 10.1 Å². The summed E-state index contributed by atoms with van der Waals surface area (Å²) in [6, 6.07) is 15.8. The van der Waals surface area contributed by atoms with Crippen molar-refractivity contribution >= 4 is 23.4 Å². The predicted molar refractivity (Wildman–Crippen MR) is 97.4 cm³/mol. The molecule has 0 aliphatic carbocycles. The van der Waals surface area contributed by atoms with Crippen LogP contribution in [0.2, 0.25) is 0 Å². The maximum atomic E-state index is 12.0. The van der Waals surface area contributed by atoms with Crippen molar-refractivity contribution in [2.24, 2.45) is 0 Å². The van der Waals surface area contributed by atoms with Crippen molar-refractivity contribution in [2.75, 3.05) is 11.1 Å². The van der Waals surface area contributed by atoms with Crippen LogP contribution in [0.25, 0.3) is 0 Å². The average Bonchev–Trinajstić information content (AvgIpc) is 2.49. The van der Waals surface area contributed by atoms with Gasteiger partial charge in [-0.25, -0.2) is 0 Å². The summed E-state index contributed by atoms with van der Waals surface area (Å²) in [4.78, 5) is 13.2. The lowest BCUT2D eigenvalue weighted by atomic mass is 10.2. The molecule has 0 aliphatic rings. The zero-order chi connectivity index (χ0) is 16.7. The third-order valence-corrected chi connectivity index (χ3v) is 4.12. The van der Waals surface area contributed by atoms with Crippen molar-refractivity contribution < 1.29 is 9.53 Å². The molecule has 4 heteroatoms. The van der Waals surface area contributed by atoms with E-state index in [0.717, 1.165) is 17.2 Å². The number of ether oxygens (including phenoxy) is 1. The molecule has 0 atom stereocenters. The lowest BCUT2D eigenvalue weighted by Crippen LogP contribution is -2.12. The third kappa shape index (κ3) is 6.37. The summed E-state index contributed by atoms with van der Waals surface area (Å²) in [5.74, 6) is 1.55. The van der Waals surface area contributed by atoms with Crippen LogP contribution in [0, 0.1) is 6.92 Å². The normalized spacial score (nSPS) is 10.6. The number of carbonyl (C=O) groups excluding carboxylic acids is 1. The highest BCUT2D eigenvalue weighted by Gasteiger charge is 2.05. The van der Waals surface area contributed by atoms with Crippen molar-refractivity contribution in [3.63, 3.8) is 0 Å². The van der Waals surface area contributed by atoms with E-state index >= 15 is 0 Å². The SMILES string of the molecule is Cc1ccc(SCCC(=O)Nc2cccc(OC(C)C)c2)cc1. The van der Waals surface area contributed by atoms with Gasteiger partial charge in [0.1, 0.15) is 5.75 Å². The number of hydrogen-bond acceptors (Lipinski definition) is 3. The van der Waals surface area contributed by atoms with E-state index < -0.39 is 0 Å². The molecule has 122 valence electrons. The minimum absolute atomic E-state index is 0.0197. The first kappa shape index (κ1) is 17.4. The molecule has 0 saturated carbocycles. The van der Waals surface area contributed by atoms with Gasteiger partial charge in [0, 0.05) is 28.8 Å². The van der Waals surface area contributed by atoms with Gasteiger partial charge in [-0.05, 0) is 45.0 Å². The summed E-state index contributed by atoms with van der Waals surface area (Å²) in [6.45, 7) is 6.03. The molecule has 0 radical (unpaired) electrons. The standard InChI is InChI=1S/C19H23NO2S/c1-14(2)22-17-6-4-5-16(13-17)20-19(21)11-12-23-18-9-7-15(3)8-10-18/h4-10,13-14H,11-12H2,1-3H3,(H,20,21). The summed E-state index contributed by atoms with van der Waals surface area (Å²) < 4.78 is 5.63. The summed E-state index contributed by atoms with van der Waals surface area (Å²) in [5, 5.41) is 2.92. The molecule has 3 nitrogen and oxygen atoms in total. The van der Waals surface area contributed by atoms with Crippen LogP contribution in [0.4, 0.5) is 5.69 Å². The first-order valence-electron chi connectivity index (χ1n) is 7.79. The third-order valence-electron chi connectivity index (χ3n) is 3.11. The smallest absolute Gasteiger partial charge is 0.225 e. The number of anilines is 1. The van der Waals surface area contributed by atoms with Crippen molar-refractivity contribution in [2.45, 2.75) is 38.2 Å². The van der Waals surface area contributed by atoms with E-state index in [4.69, 9.17) is 4.74 Å². The molecule has 0 fully saturated rings. The summed E-state index contributed by atoms with van der Waals surface area (Å²) >= 11 is 1.69. The van der Waals surface area contributed by atoms with Gasteiger partial charge >= 0.3 is 0 Å². The molecule has 2 aromatic carbocycles. The zero-order valence-corrected chi connectivity index (χ0v) is 14.7. The molecule has 0 heterocycles. The highest BCUT2D eigenvalue weighted by molar-refractivity contribution is 7.99. The van der Waals surface area contributed by atoms with Gasteiger partial charge in [0.05, 0.1) is 6.10 Å². The Labute approximate surface area is 142 Å². The molecule has 0 aliphatic heterocycles. The van der Waals surface area contributed by atoms with Crippen LogP contribution in [-0.2, 0) is 4.79 Å². The van der Waals surface area contributed by atoms with Gasteiger partial charge in [-0.15, -0.1) is 11.8 Å². The highest BCUT2D eigenvalue weighted by atomic mass is 32.2. The number of rotatable bonds is 7. The molecule has 0 bridgehead atoms. The van der Waals surface area contributed by atoms with E-state index in [1.807, 2.05) is 38.1 Å². The van der Waals surface area contributed by atoms with E-state index in [-0.39, 0.29) is 12.0 Å². The molecule has 0 unspecified atom stereocenters. The topological polar surface area (TPSA) is 38.3 Å². The van der Waals surface area contributed by atoms with Gasteiger partial charge in [0.25, 0.3) is 0 Å². The Morgan fingerprint density at radius 1 is 1.17 bits per heavy atom. The predicted octanol–water partition coefficient (Wildman–Crippen LogP) is 4.90. The monoisotopic (exact) mass is 329 g/mol. The van der Waals surface area contributed by atoms with Crippen molar-refractivity contribution in [3.05, 3.63) is 54.1 Å². The number of hydrogen-bond donors (Lipinski definition) is 1. The second-order valence-corrected chi connectivity index (χ2v) is 6.82. The molecule has 2 rings (SSSR count). The van der Waals surface area contributed by atoms with Gasteiger partial charge in [0.2, 0.25) is 5.91 Å². The Hall–Kier alpha value is -1.94. The number of nitrogens with one attached hydrogen (secondary N) is 1. The molecule has 0 spiro atoms. The Bertz CT molecular complexity index is 638. The van der Waals surface area contributed by atoms with Crippen LogP contribution in [0.5, 0.6) is 5.75 Å². The van der Waals surface area contributed by atoms with Crippen molar-refractivity contribution in [1.82, 2.24) is 0 Å². The minimum atomic E-state index is 0.0197. The fraction of sp³-hybridized carbons (Fsp3) is 0.316. The minimum Gasteiger partial charge on any atom is -0.491 e. The molecule has 1 N–H and O–H groups in total. The Kier molecular flexibility index (Phi) is 6.53. The number of benzene rings is 2. The van der Waals surface area contributed by atoms with E-state index in [1.165, 1.54) is 10.5 Å². The van der Waals surface area contributed by atoms with Crippen LogP contribution in [0.1, 0.15) is 25.8 Å². The Balaban J connectivity index is 1.79. The maximum Gasteiger partial charge on any atom is 0.225 e. The molecule has 0 aromatic heterocycles. The van der Waals surface area contributed by atoms with Gasteiger partial charge in [-0.3, -0.25) is 4.79 Å². The first-order chi connectivity index (χ1) is 11.0. The van der Waals surface area contributed by atoms with Gasteiger partial charge < -0.3 is 10.1 Å². The number of carbonyl (C=O) groups is 1. The Morgan fingerprint density at radius 3 is 2.61 bits per heavy atom. The van der Waals surface area contributed by atoms with Crippen LogP contribution in [-0.4, -0.2) is 17.8 Å². The quantitative estimate of drug-likeness (QED) is 0.734. The van der Waals surface area contributed by atoms with Gasteiger partial charge in [-0.1, -0.05) is 23.8 Å². The first-order valence-corrected chi connectivity index (χ1v) is 8.77. The lowest BCUT2D eigenvalue weighted by molar-refractivity contribution is -0.115. The second kappa shape index (κ2) is 8.63. The van der Waals surface area contributed by atoms with Gasteiger partial charge in [-0.2, -0.15) is 0 Å².